The number of rotatable bonds is 4. The predicted molar refractivity (Wildman–Crippen MR) is 71.6 cm³/mol. The van der Waals surface area contributed by atoms with Gasteiger partial charge in [-0.2, -0.15) is 5.10 Å². The number of hydrogen-bond donors (Lipinski definition) is 0. The molecule has 0 bridgehead atoms. The summed E-state index contributed by atoms with van der Waals surface area (Å²) in [6, 6.07) is 6.33. The molecule has 1 saturated carbocycles. The van der Waals surface area contributed by atoms with Gasteiger partial charge in [0.05, 0.1) is 12.8 Å². The van der Waals surface area contributed by atoms with Crippen LogP contribution in [0.4, 0.5) is 0 Å². The number of benzene rings is 1. The molecule has 3 nitrogen and oxygen atoms in total. The zero-order valence-corrected chi connectivity index (χ0v) is 10.9. The van der Waals surface area contributed by atoms with Crippen LogP contribution in [0, 0.1) is 12.8 Å². The van der Waals surface area contributed by atoms with E-state index >= 15 is 0 Å². The molecule has 94 valence electrons. The van der Waals surface area contributed by atoms with E-state index in [-0.39, 0.29) is 0 Å². The van der Waals surface area contributed by atoms with Crippen LogP contribution in [-0.4, -0.2) is 16.4 Å². The molecule has 0 saturated heterocycles. The second-order valence-corrected chi connectivity index (χ2v) is 5.16. The Balaban J connectivity index is 1.91. The molecule has 2 aromatic rings. The third kappa shape index (κ3) is 2.40. The predicted octanol–water partition coefficient (Wildman–Crippen LogP) is 3.18. The summed E-state index contributed by atoms with van der Waals surface area (Å²) in [7, 11) is 1.93. The average Bonchev–Trinajstić information content (AvgIpc) is 3.09. The van der Waals surface area contributed by atoms with Crippen LogP contribution in [0.15, 0.2) is 30.6 Å². The van der Waals surface area contributed by atoms with Gasteiger partial charge < -0.3 is 4.74 Å². The first-order chi connectivity index (χ1) is 8.72. The van der Waals surface area contributed by atoms with Gasteiger partial charge in [0.25, 0.3) is 0 Å². The monoisotopic (exact) mass is 242 g/mol. The first kappa shape index (κ1) is 11.3. The normalized spacial score (nSPS) is 14.8. The van der Waals surface area contributed by atoms with E-state index in [0.717, 1.165) is 29.4 Å². The van der Waals surface area contributed by atoms with Gasteiger partial charge in [0.15, 0.2) is 0 Å². The number of nitrogens with zero attached hydrogens (tertiary/aromatic N) is 2. The van der Waals surface area contributed by atoms with Crippen LogP contribution in [0.2, 0.25) is 0 Å². The molecule has 1 aromatic carbocycles. The van der Waals surface area contributed by atoms with E-state index in [0.29, 0.717) is 0 Å². The van der Waals surface area contributed by atoms with Gasteiger partial charge in [0, 0.05) is 24.4 Å². The molecule has 0 spiro atoms. The number of aryl methyl sites for hydroxylation is 2. The van der Waals surface area contributed by atoms with E-state index in [4.69, 9.17) is 4.74 Å². The Morgan fingerprint density at radius 2 is 2.22 bits per heavy atom. The summed E-state index contributed by atoms with van der Waals surface area (Å²) in [4.78, 5) is 0. The highest BCUT2D eigenvalue weighted by Gasteiger charge is 2.22. The molecule has 0 N–H and O–H groups in total. The summed E-state index contributed by atoms with van der Waals surface area (Å²) in [5, 5.41) is 4.23. The summed E-state index contributed by atoms with van der Waals surface area (Å²) in [6.45, 7) is 2.95. The van der Waals surface area contributed by atoms with E-state index in [1.54, 1.807) is 0 Å². The summed E-state index contributed by atoms with van der Waals surface area (Å²) in [5.74, 6) is 1.74. The van der Waals surface area contributed by atoms with E-state index in [1.807, 2.05) is 24.1 Å². The molecule has 1 heterocycles. The lowest BCUT2D eigenvalue weighted by atomic mass is 10.1. The molecular formula is C15H18N2O. The van der Waals surface area contributed by atoms with Crippen molar-refractivity contribution in [3.63, 3.8) is 0 Å². The van der Waals surface area contributed by atoms with Crippen LogP contribution in [0.5, 0.6) is 5.75 Å². The maximum absolute atomic E-state index is 5.94. The van der Waals surface area contributed by atoms with Gasteiger partial charge in [0.2, 0.25) is 0 Å². The van der Waals surface area contributed by atoms with Crippen LogP contribution >= 0.6 is 0 Å². The lowest BCUT2D eigenvalue weighted by Gasteiger charge is -2.11. The third-order valence-corrected chi connectivity index (χ3v) is 3.32. The highest BCUT2D eigenvalue weighted by atomic mass is 16.5. The Kier molecular flexibility index (Phi) is 2.82. The van der Waals surface area contributed by atoms with Gasteiger partial charge in [-0.25, -0.2) is 0 Å². The summed E-state index contributed by atoms with van der Waals surface area (Å²) in [6.07, 6.45) is 6.54. The fraction of sp³-hybridized carbons (Fsp3) is 0.400. The SMILES string of the molecule is Cc1ccc(OCC2CC2)c(-c2cnn(C)c2)c1. The maximum Gasteiger partial charge on any atom is 0.127 e. The molecular weight excluding hydrogens is 224 g/mol. The molecule has 1 fully saturated rings. The zero-order chi connectivity index (χ0) is 12.5. The highest BCUT2D eigenvalue weighted by Crippen LogP contribution is 2.34. The van der Waals surface area contributed by atoms with Crippen molar-refractivity contribution in [3.8, 4) is 16.9 Å². The minimum Gasteiger partial charge on any atom is -0.493 e. The quantitative estimate of drug-likeness (QED) is 0.823. The van der Waals surface area contributed by atoms with Crippen molar-refractivity contribution < 1.29 is 4.74 Å². The summed E-state index contributed by atoms with van der Waals surface area (Å²) < 4.78 is 7.76. The average molecular weight is 242 g/mol. The fourth-order valence-electron chi connectivity index (χ4n) is 2.05. The molecule has 0 unspecified atom stereocenters. The van der Waals surface area contributed by atoms with Crippen molar-refractivity contribution in [3.05, 3.63) is 36.2 Å². The molecule has 0 aliphatic heterocycles. The Morgan fingerprint density at radius 3 is 2.89 bits per heavy atom. The van der Waals surface area contributed by atoms with Crippen LogP contribution < -0.4 is 4.74 Å². The largest absolute Gasteiger partial charge is 0.493 e. The molecule has 0 atom stereocenters. The van der Waals surface area contributed by atoms with Crippen molar-refractivity contribution in [2.45, 2.75) is 19.8 Å². The molecule has 0 amide bonds. The van der Waals surface area contributed by atoms with Gasteiger partial charge in [-0.3, -0.25) is 4.68 Å². The second kappa shape index (κ2) is 4.48. The van der Waals surface area contributed by atoms with E-state index < -0.39 is 0 Å². The lowest BCUT2D eigenvalue weighted by molar-refractivity contribution is 0.301. The molecule has 1 aromatic heterocycles. The van der Waals surface area contributed by atoms with E-state index in [9.17, 15) is 0 Å². The van der Waals surface area contributed by atoms with Crippen LogP contribution in [0.1, 0.15) is 18.4 Å². The molecule has 1 aliphatic carbocycles. The van der Waals surface area contributed by atoms with Gasteiger partial charge in [-0.05, 0) is 37.8 Å². The van der Waals surface area contributed by atoms with Gasteiger partial charge in [-0.1, -0.05) is 11.6 Å². The number of ether oxygens (including phenoxy) is 1. The first-order valence-electron chi connectivity index (χ1n) is 6.45. The first-order valence-corrected chi connectivity index (χ1v) is 6.45. The Morgan fingerprint density at radius 1 is 1.39 bits per heavy atom. The summed E-state index contributed by atoms with van der Waals surface area (Å²) >= 11 is 0. The van der Waals surface area contributed by atoms with Crippen LogP contribution in [-0.2, 0) is 7.05 Å². The highest BCUT2D eigenvalue weighted by molar-refractivity contribution is 5.70. The second-order valence-electron chi connectivity index (χ2n) is 5.16. The smallest absolute Gasteiger partial charge is 0.127 e. The van der Waals surface area contributed by atoms with Gasteiger partial charge in [0.1, 0.15) is 5.75 Å². The molecule has 3 rings (SSSR count). The molecule has 1 aliphatic rings. The Bertz CT molecular complexity index is 555. The van der Waals surface area contributed by atoms with Crippen LogP contribution in [0.25, 0.3) is 11.1 Å². The maximum atomic E-state index is 5.94. The van der Waals surface area contributed by atoms with Gasteiger partial charge >= 0.3 is 0 Å². The lowest BCUT2D eigenvalue weighted by Crippen LogP contribution is -2.00. The number of aromatic nitrogens is 2. The van der Waals surface area contributed by atoms with Crippen molar-refractivity contribution in [1.29, 1.82) is 0 Å². The standard InChI is InChI=1S/C15H18N2O/c1-11-3-6-15(18-10-12-4-5-12)14(7-11)13-8-16-17(2)9-13/h3,6-9,12H,4-5,10H2,1-2H3. The van der Waals surface area contributed by atoms with Gasteiger partial charge in [-0.15, -0.1) is 0 Å². The minimum atomic E-state index is 0.771. The molecule has 0 radical (unpaired) electrons. The molecule has 3 heteroatoms. The van der Waals surface area contributed by atoms with Crippen molar-refractivity contribution in [2.24, 2.45) is 13.0 Å². The topological polar surface area (TPSA) is 27.1 Å². The Labute approximate surface area is 107 Å². The van der Waals surface area contributed by atoms with Crippen molar-refractivity contribution >= 4 is 0 Å². The van der Waals surface area contributed by atoms with E-state index in [2.05, 4.69) is 30.2 Å². The van der Waals surface area contributed by atoms with E-state index in [1.165, 1.54) is 18.4 Å². The fourth-order valence-corrected chi connectivity index (χ4v) is 2.05. The third-order valence-electron chi connectivity index (χ3n) is 3.32. The number of hydrogen-bond acceptors (Lipinski definition) is 2. The van der Waals surface area contributed by atoms with Crippen LogP contribution in [0.3, 0.4) is 0 Å². The summed E-state index contributed by atoms with van der Waals surface area (Å²) in [5.41, 5.74) is 3.50. The van der Waals surface area contributed by atoms with Crippen molar-refractivity contribution in [1.82, 2.24) is 9.78 Å². The molecule has 18 heavy (non-hydrogen) atoms. The zero-order valence-electron chi connectivity index (χ0n) is 10.9. The minimum absolute atomic E-state index is 0.771. The van der Waals surface area contributed by atoms with Crippen molar-refractivity contribution in [2.75, 3.05) is 6.61 Å². The Hall–Kier alpha value is -1.77.